The van der Waals surface area contributed by atoms with Crippen LogP contribution >= 0.6 is 11.8 Å². The molecule has 2 heterocycles. The highest BCUT2D eigenvalue weighted by atomic mass is 32.2. The van der Waals surface area contributed by atoms with Crippen LogP contribution in [0.15, 0.2) is 17.4 Å². The topological polar surface area (TPSA) is 85.8 Å². The number of rotatable bonds is 6. The predicted molar refractivity (Wildman–Crippen MR) is 72.7 cm³/mol. The maximum absolute atomic E-state index is 10.7. The molecule has 0 saturated heterocycles. The lowest BCUT2D eigenvalue weighted by atomic mass is 10.3. The van der Waals surface area contributed by atoms with Crippen LogP contribution in [0.3, 0.4) is 0 Å². The molecule has 2 aromatic rings. The summed E-state index contributed by atoms with van der Waals surface area (Å²) in [6.07, 6.45) is 4.15. The highest BCUT2D eigenvalue weighted by molar-refractivity contribution is 7.99. The number of carboxylic acid groups (broad SMARTS) is 1. The monoisotopic (exact) mass is 293 g/mol. The van der Waals surface area contributed by atoms with Crippen molar-refractivity contribution in [3.8, 4) is 0 Å². The molecule has 0 unspecified atom stereocenters. The van der Waals surface area contributed by atoms with Gasteiger partial charge in [0, 0.05) is 19.2 Å². The van der Waals surface area contributed by atoms with E-state index in [2.05, 4.69) is 15.3 Å². The van der Waals surface area contributed by atoms with Gasteiger partial charge in [0.25, 0.3) is 0 Å². The Morgan fingerprint density at radius 1 is 1.50 bits per heavy atom. The van der Waals surface area contributed by atoms with Crippen LogP contribution in [0.25, 0.3) is 0 Å². The molecule has 106 valence electrons. The number of aliphatic carboxylic acids is 1. The molecule has 1 fully saturated rings. The third kappa shape index (κ3) is 2.84. The van der Waals surface area contributed by atoms with Gasteiger partial charge in [-0.05, 0) is 18.9 Å². The molecule has 2 aromatic heterocycles. The van der Waals surface area contributed by atoms with E-state index in [0.717, 1.165) is 24.4 Å². The SMILES string of the molecule is Cn1ccc(Cn2c(SCC(=O)O)nnc2C2CC2)n1. The van der Waals surface area contributed by atoms with Crippen LogP contribution in [-0.2, 0) is 18.4 Å². The highest BCUT2D eigenvalue weighted by Crippen LogP contribution is 2.40. The second kappa shape index (κ2) is 5.28. The molecule has 0 aliphatic heterocycles. The van der Waals surface area contributed by atoms with Crippen LogP contribution in [0.4, 0.5) is 0 Å². The second-order valence-electron chi connectivity index (χ2n) is 4.86. The van der Waals surface area contributed by atoms with E-state index in [1.165, 1.54) is 11.8 Å². The summed E-state index contributed by atoms with van der Waals surface area (Å²) in [7, 11) is 1.87. The molecule has 1 N–H and O–H groups in total. The Kier molecular flexibility index (Phi) is 3.47. The van der Waals surface area contributed by atoms with Crippen LogP contribution in [0, 0.1) is 0 Å². The van der Waals surface area contributed by atoms with E-state index >= 15 is 0 Å². The molecule has 20 heavy (non-hydrogen) atoms. The normalized spacial score (nSPS) is 14.7. The third-order valence-corrected chi connectivity index (χ3v) is 4.05. The van der Waals surface area contributed by atoms with Crippen molar-refractivity contribution in [1.29, 1.82) is 0 Å². The fourth-order valence-corrected chi connectivity index (χ4v) is 2.70. The van der Waals surface area contributed by atoms with Gasteiger partial charge in [-0.15, -0.1) is 10.2 Å². The average Bonchev–Trinajstić information content (AvgIpc) is 3.05. The number of aromatic nitrogens is 5. The summed E-state index contributed by atoms with van der Waals surface area (Å²) in [6.45, 7) is 0.585. The van der Waals surface area contributed by atoms with Crippen LogP contribution < -0.4 is 0 Å². The first-order valence-electron chi connectivity index (χ1n) is 6.39. The van der Waals surface area contributed by atoms with E-state index in [1.54, 1.807) is 4.68 Å². The fraction of sp³-hybridized carbons (Fsp3) is 0.500. The largest absolute Gasteiger partial charge is 0.481 e. The van der Waals surface area contributed by atoms with E-state index in [9.17, 15) is 4.79 Å². The molecule has 8 heteroatoms. The van der Waals surface area contributed by atoms with Gasteiger partial charge in [0.15, 0.2) is 5.16 Å². The zero-order valence-corrected chi connectivity index (χ0v) is 11.9. The Morgan fingerprint density at radius 2 is 2.30 bits per heavy atom. The average molecular weight is 293 g/mol. The molecule has 1 aliphatic carbocycles. The Balaban J connectivity index is 1.84. The number of hydrogen-bond donors (Lipinski definition) is 1. The number of nitrogens with zero attached hydrogens (tertiary/aromatic N) is 5. The lowest BCUT2D eigenvalue weighted by Crippen LogP contribution is -2.08. The summed E-state index contributed by atoms with van der Waals surface area (Å²) in [5.74, 6) is 0.551. The lowest BCUT2D eigenvalue weighted by Gasteiger charge is -2.07. The Hall–Kier alpha value is -1.83. The zero-order valence-electron chi connectivity index (χ0n) is 11.1. The molecule has 0 radical (unpaired) electrons. The maximum Gasteiger partial charge on any atom is 0.313 e. The van der Waals surface area contributed by atoms with Gasteiger partial charge in [0.1, 0.15) is 5.82 Å². The molecule has 1 aliphatic rings. The minimum atomic E-state index is -0.852. The van der Waals surface area contributed by atoms with Gasteiger partial charge >= 0.3 is 5.97 Å². The summed E-state index contributed by atoms with van der Waals surface area (Å²) < 4.78 is 3.74. The highest BCUT2D eigenvalue weighted by Gasteiger charge is 2.30. The third-order valence-electron chi connectivity index (χ3n) is 3.10. The maximum atomic E-state index is 10.7. The van der Waals surface area contributed by atoms with Crippen molar-refractivity contribution < 1.29 is 9.90 Å². The van der Waals surface area contributed by atoms with Crippen molar-refractivity contribution in [3.05, 3.63) is 23.8 Å². The van der Waals surface area contributed by atoms with Crippen molar-refractivity contribution in [2.24, 2.45) is 7.05 Å². The van der Waals surface area contributed by atoms with Crippen LogP contribution in [-0.4, -0.2) is 41.4 Å². The standard InChI is InChI=1S/C12H15N5O2S/c1-16-5-4-9(15-16)6-17-11(8-2-3-8)13-14-12(17)20-7-10(18)19/h4-5,8H,2-3,6-7H2,1H3,(H,18,19). The van der Waals surface area contributed by atoms with Gasteiger partial charge in [-0.1, -0.05) is 11.8 Å². The summed E-state index contributed by atoms with van der Waals surface area (Å²) in [5.41, 5.74) is 0.923. The zero-order chi connectivity index (χ0) is 14.1. The number of thioether (sulfide) groups is 1. The number of hydrogen-bond acceptors (Lipinski definition) is 5. The van der Waals surface area contributed by atoms with Crippen molar-refractivity contribution in [2.75, 3.05) is 5.75 Å². The van der Waals surface area contributed by atoms with Crippen LogP contribution in [0.2, 0.25) is 0 Å². The smallest absolute Gasteiger partial charge is 0.313 e. The molecule has 1 saturated carbocycles. The summed E-state index contributed by atoms with van der Waals surface area (Å²) in [4.78, 5) is 10.7. The van der Waals surface area contributed by atoms with Gasteiger partial charge in [-0.3, -0.25) is 14.0 Å². The van der Waals surface area contributed by atoms with E-state index in [0.29, 0.717) is 17.6 Å². The quantitative estimate of drug-likeness (QED) is 0.803. The molecule has 0 spiro atoms. The Morgan fingerprint density at radius 3 is 2.90 bits per heavy atom. The molecule has 0 bridgehead atoms. The minimum absolute atomic E-state index is 0.00891. The molecular formula is C12H15N5O2S. The van der Waals surface area contributed by atoms with E-state index in [-0.39, 0.29) is 5.75 Å². The van der Waals surface area contributed by atoms with Crippen molar-refractivity contribution >= 4 is 17.7 Å². The summed E-state index contributed by atoms with van der Waals surface area (Å²) >= 11 is 1.20. The molecular weight excluding hydrogens is 278 g/mol. The summed E-state index contributed by atoms with van der Waals surface area (Å²) in [6, 6.07) is 1.95. The van der Waals surface area contributed by atoms with Gasteiger partial charge in [0.05, 0.1) is 18.0 Å². The van der Waals surface area contributed by atoms with Crippen molar-refractivity contribution in [1.82, 2.24) is 24.5 Å². The minimum Gasteiger partial charge on any atom is -0.481 e. The van der Waals surface area contributed by atoms with Gasteiger partial charge < -0.3 is 5.11 Å². The molecule has 3 rings (SSSR count). The molecule has 0 aromatic carbocycles. The number of carboxylic acids is 1. The fourth-order valence-electron chi connectivity index (χ4n) is 2.03. The molecule has 7 nitrogen and oxygen atoms in total. The van der Waals surface area contributed by atoms with Gasteiger partial charge in [-0.25, -0.2) is 0 Å². The van der Waals surface area contributed by atoms with Crippen LogP contribution in [0.5, 0.6) is 0 Å². The van der Waals surface area contributed by atoms with E-state index in [4.69, 9.17) is 5.11 Å². The van der Waals surface area contributed by atoms with Crippen LogP contribution in [0.1, 0.15) is 30.3 Å². The molecule has 0 amide bonds. The van der Waals surface area contributed by atoms with Gasteiger partial charge in [-0.2, -0.15) is 5.10 Å². The lowest BCUT2D eigenvalue weighted by molar-refractivity contribution is -0.133. The number of carbonyl (C=O) groups is 1. The number of aryl methyl sites for hydroxylation is 1. The van der Waals surface area contributed by atoms with Gasteiger partial charge in [0.2, 0.25) is 0 Å². The van der Waals surface area contributed by atoms with E-state index < -0.39 is 5.97 Å². The first-order chi connectivity index (χ1) is 9.63. The molecule has 0 atom stereocenters. The first kappa shape index (κ1) is 13.2. The van der Waals surface area contributed by atoms with E-state index in [1.807, 2.05) is 23.9 Å². The second-order valence-corrected chi connectivity index (χ2v) is 5.81. The Bertz CT molecular complexity index is 632. The predicted octanol–water partition coefficient (Wildman–Crippen LogP) is 1.11. The van der Waals surface area contributed by atoms with Crippen molar-refractivity contribution in [2.45, 2.75) is 30.5 Å². The summed E-state index contributed by atoms with van der Waals surface area (Å²) in [5, 5.41) is 22.2. The Labute approximate surface area is 120 Å². The van der Waals surface area contributed by atoms with Crippen molar-refractivity contribution in [3.63, 3.8) is 0 Å². The first-order valence-corrected chi connectivity index (χ1v) is 7.38.